The summed E-state index contributed by atoms with van der Waals surface area (Å²) in [4.78, 5) is 0. The van der Waals surface area contributed by atoms with Crippen LogP contribution in [0.25, 0.3) is 0 Å². The fraction of sp³-hybridized carbons (Fsp3) is 0.857. The van der Waals surface area contributed by atoms with E-state index in [9.17, 15) is 0 Å². The van der Waals surface area contributed by atoms with E-state index in [-0.39, 0.29) is 0 Å². The molecule has 0 aliphatic rings. The average Bonchev–Trinajstić information content (AvgIpc) is 1.59. The molecule has 0 aliphatic carbocycles. The summed E-state index contributed by atoms with van der Waals surface area (Å²) >= 11 is 2.00. The summed E-state index contributed by atoms with van der Waals surface area (Å²) in [5, 5.41) is 8.91. The molecule has 10 heavy (non-hydrogen) atoms. The standard InChI is InChI=1S/C7H15NSSi/c1-7(5-6-8)9-10(2,3)4/h7H,5H2,1-4H3. The lowest BCUT2D eigenvalue weighted by molar-refractivity contribution is 0.997. The van der Waals surface area contributed by atoms with Crippen LogP contribution in [0, 0.1) is 11.3 Å². The molecule has 0 amide bonds. The van der Waals surface area contributed by atoms with Gasteiger partial charge in [-0.15, -0.1) is 0 Å². The van der Waals surface area contributed by atoms with Crippen molar-refractivity contribution >= 4 is 18.4 Å². The third kappa shape index (κ3) is 6.18. The van der Waals surface area contributed by atoms with Crippen molar-refractivity contribution in [3.63, 3.8) is 0 Å². The second-order valence-electron chi connectivity index (χ2n) is 3.40. The lowest BCUT2D eigenvalue weighted by atomic mass is 10.4. The largest absolute Gasteiger partial charge is 0.198 e. The molecule has 1 unspecified atom stereocenters. The smallest absolute Gasteiger partial charge is 0.108 e. The van der Waals surface area contributed by atoms with Gasteiger partial charge in [-0.2, -0.15) is 16.5 Å². The highest BCUT2D eigenvalue weighted by Gasteiger charge is 2.17. The molecular weight excluding hydrogens is 158 g/mol. The van der Waals surface area contributed by atoms with Gasteiger partial charge in [-0.25, -0.2) is 0 Å². The number of hydrogen-bond donors (Lipinski definition) is 0. The molecule has 0 saturated heterocycles. The lowest BCUT2D eigenvalue weighted by Crippen LogP contribution is -2.18. The summed E-state index contributed by atoms with van der Waals surface area (Å²) < 4.78 is 0. The molecule has 0 fully saturated rings. The van der Waals surface area contributed by atoms with E-state index in [2.05, 4.69) is 32.6 Å². The van der Waals surface area contributed by atoms with E-state index in [1.54, 1.807) is 0 Å². The Labute approximate surface area is 68.5 Å². The van der Waals surface area contributed by atoms with E-state index in [0.29, 0.717) is 11.7 Å². The third-order valence-corrected chi connectivity index (χ3v) is 5.54. The van der Waals surface area contributed by atoms with Gasteiger partial charge in [0.05, 0.1) is 6.07 Å². The minimum absolute atomic E-state index is 0.525. The van der Waals surface area contributed by atoms with Gasteiger partial charge in [-0.05, 0) is 0 Å². The fourth-order valence-corrected chi connectivity index (χ4v) is 6.01. The number of nitrogens with zero attached hydrogens (tertiary/aromatic N) is 1. The minimum Gasteiger partial charge on any atom is -0.198 e. The summed E-state index contributed by atoms with van der Waals surface area (Å²) in [7, 11) is -0.992. The van der Waals surface area contributed by atoms with E-state index in [4.69, 9.17) is 5.26 Å². The molecule has 1 nitrogen and oxygen atoms in total. The van der Waals surface area contributed by atoms with Crippen LogP contribution in [0.4, 0.5) is 0 Å². The van der Waals surface area contributed by atoms with Crippen LogP contribution in [0.3, 0.4) is 0 Å². The third-order valence-electron chi connectivity index (χ3n) is 0.933. The van der Waals surface area contributed by atoms with Crippen LogP contribution in [0.2, 0.25) is 19.6 Å². The van der Waals surface area contributed by atoms with Crippen molar-refractivity contribution in [1.29, 1.82) is 5.26 Å². The van der Waals surface area contributed by atoms with Crippen molar-refractivity contribution in [2.75, 3.05) is 0 Å². The molecule has 0 aromatic carbocycles. The first-order valence-electron chi connectivity index (χ1n) is 3.50. The quantitative estimate of drug-likeness (QED) is 0.613. The van der Waals surface area contributed by atoms with Gasteiger partial charge < -0.3 is 0 Å². The topological polar surface area (TPSA) is 23.8 Å². The van der Waals surface area contributed by atoms with Gasteiger partial charge in [0.1, 0.15) is 7.22 Å². The zero-order valence-electron chi connectivity index (χ0n) is 7.14. The van der Waals surface area contributed by atoms with Crippen LogP contribution in [0.5, 0.6) is 0 Å². The molecule has 1 atom stereocenters. The van der Waals surface area contributed by atoms with Crippen LogP contribution in [0.1, 0.15) is 13.3 Å². The Kier molecular flexibility index (Phi) is 4.07. The maximum Gasteiger partial charge on any atom is 0.108 e. The van der Waals surface area contributed by atoms with Crippen LogP contribution < -0.4 is 0 Å². The second-order valence-corrected chi connectivity index (χ2v) is 13.0. The fourth-order valence-electron chi connectivity index (χ4n) is 0.774. The Hall–Kier alpha value is 0.0569. The zero-order chi connectivity index (χ0) is 8.20. The molecule has 0 rings (SSSR count). The summed E-state index contributed by atoms with van der Waals surface area (Å²) in [5.41, 5.74) is 0. The highest BCUT2D eigenvalue weighted by molar-refractivity contribution is 8.29. The van der Waals surface area contributed by atoms with Crippen molar-refractivity contribution in [1.82, 2.24) is 0 Å². The first kappa shape index (κ1) is 10.1. The van der Waals surface area contributed by atoms with Crippen molar-refractivity contribution in [3.05, 3.63) is 0 Å². The summed E-state index contributed by atoms with van der Waals surface area (Å²) in [6.45, 7) is 9.06. The number of nitriles is 1. The average molecular weight is 173 g/mol. The van der Waals surface area contributed by atoms with Gasteiger partial charge in [0, 0.05) is 11.7 Å². The molecular formula is C7H15NSSi. The SMILES string of the molecule is CC(CC#N)S[Si](C)(C)C. The van der Waals surface area contributed by atoms with Gasteiger partial charge in [0.15, 0.2) is 0 Å². The van der Waals surface area contributed by atoms with Gasteiger partial charge in [-0.1, -0.05) is 26.6 Å². The molecule has 0 spiro atoms. The molecule has 58 valence electrons. The Morgan fingerprint density at radius 3 is 2.30 bits per heavy atom. The highest BCUT2D eigenvalue weighted by Crippen LogP contribution is 2.25. The predicted molar refractivity (Wildman–Crippen MR) is 50.6 cm³/mol. The maximum atomic E-state index is 8.39. The number of rotatable bonds is 3. The van der Waals surface area contributed by atoms with E-state index in [1.807, 2.05) is 11.2 Å². The van der Waals surface area contributed by atoms with Crippen molar-refractivity contribution in [2.45, 2.75) is 38.2 Å². The Morgan fingerprint density at radius 2 is 2.00 bits per heavy atom. The van der Waals surface area contributed by atoms with E-state index >= 15 is 0 Å². The molecule has 0 aromatic heterocycles. The Morgan fingerprint density at radius 1 is 1.50 bits per heavy atom. The summed E-state index contributed by atoms with van der Waals surface area (Å²) in [5.74, 6) is 0. The van der Waals surface area contributed by atoms with Crippen LogP contribution >= 0.6 is 11.2 Å². The van der Waals surface area contributed by atoms with E-state index < -0.39 is 7.22 Å². The summed E-state index contributed by atoms with van der Waals surface area (Å²) in [6.07, 6.45) is 0.689. The normalized spacial score (nSPS) is 14.3. The van der Waals surface area contributed by atoms with Gasteiger partial charge in [-0.3, -0.25) is 0 Å². The minimum atomic E-state index is -0.992. The molecule has 0 radical (unpaired) electrons. The Balaban J connectivity index is 3.60. The first-order valence-corrected chi connectivity index (χ1v) is 8.61. The molecule has 0 N–H and O–H groups in total. The number of hydrogen-bond acceptors (Lipinski definition) is 2. The van der Waals surface area contributed by atoms with Gasteiger partial charge >= 0.3 is 0 Å². The highest BCUT2D eigenvalue weighted by atomic mass is 32.4. The zero-order valence-corrected chi connectivity index (χ0v) is 8.96. The molecule has 0 bridgehead atoms. The van der Waals surface area contributed by atoms with Crippen LogP contribution in [-0.4, -0.2) is 12.5 Å². The summed E-state index contributed by atoms with van der Waals surface area (Å²) in [6, 6.07) is 2.19. The van der Waals surface area contributed by atoms with Crippen LogP contribution in [0.15, 0.2) is 0 Å². The monoisotopic (exact) mass is 173 g/mol. The van der Waals surface area contributed by atoms with Crippen molar-refractivity contribution < 1.29 is 0 Å². The maximum absolute atomic E-state index is 8.39. The van der Waals surface area contributed by atoms with Crippen LogP contribution in [-0.2, 0) is 0 Å². The van der Waals surface area contributed by atoms with Gasteiger partial charge in [0.2, 0.25) is 0 Å². The molecule has 0 saturated carbocycles. The molecule has 0 heterocycles. The molecule has 3 heteroatoms. The molecule has 0 aromatic rings. The van der Waals surface area contributed by atoms with Gasteiger partial charge in [0.25, 0.3) is 0 Å². The molecule has 0 aliphatic heterocycles. The second kappa shape index (κ2) is 4.04. The lowest BCUT2D eigenvalue weighted by Gasteiger charge is -2.18. The van der Waals surface area contributed by atoms with Crippen molar-refractivity contribution in [3.8, 4) is 6.07 Å². The Bertz CT molecular complexity index is 134. The van der Waals surface area contributed by atoms with E-state index in [1.165, 1.54) is 0 Å². The predicted octanol–water partition coefficient (Wildman–Crippen LogP) is 2.86. The van der Waals surface area contributed by atoms with Crippen molar-refractivity contribution in [2.24, 2.45) is 0 Å². The van der Waals surface area contributed by atoms with E-state index in [0.717, 1.165) is 0 Å². The first-order chi connectivity index (χ1) is 4.45.